The molecule has 8 heteroatoms. The lowest BCUT2D eigenvalue weighted by molar-refractivity contribution is 0.318. The molecule has 3 N–H and O–H groups in total. The van der Waals surface area contributed by atoms with Gasteiger partial charge in [0.25, 0.3) is 5.95 Å². The number of nitrogens with two attached hydrogens (primary N) is 1. The second-order valence-electron chi connectivity index (χ2n) is 3.62. The fourth-order valence-corrected chi connectivity index (χ4v) is 1.58. The summed E-state index contributed by atoms with van der Waals surface area (Å²) in [5.74, 6) is 0.220. The number of halogens is 1. The summed E-state index contributed by atoms with van der Waals surface area (Å²) in [5.41, 5.74) is 7.19. The van der Waals surface area contributed by atoms with Gasteiger partial charge in [-0.3, -0.25) is 0 Å². The molecule has 0 unspecified atom stereocenters. The van der Waals surface area contributed by atoms with E-state index in [9.17, 15) is 0 Å². The summed E-state index contributed by atoms with van der Waals surface area (Å²) in [6, 6.07) is 1.53. The van der Waals surface area contributed by atoms with E-state index in [0.717, 1.165) is 5.69 Å². The van der Waals surface area contributed by atoms with Crippen molar-refractivity contribution in [2.24, 2.45) is 10.9 Å². The number of nitrogens with zero attached hydrogens (tertiary/aromatic N) is 5. The summed E-state index contributed by atoms with van der Waals surface area (Å²) in [7, 11) is 0. The van der Waals surface area contributed by atoms with Crippen LogP contribution in [0.25, 0.3) is 5.95 Å². The molecule has 0 bridgehead atoms. The van der Waals surface area contributed by atoms with Gasteiger partial charge in [-0.1, -0.05) is 16.8 Å². The first-order chi connectivity index (χ1) is 8.54. The Morgan fingerprint density at radius 3 is 2.78 bits per heavy atom. The topological polar surface area (TPSA) is 102 Å². The van der Waals surface area contributed by atoms with Gasteiger partial charge < -0.3 is 10.9 Å². The van der Waals surface area contributed by atoms with E-state index in [0.29, 0.717) is 22.4 Å². The molecule has 0 aromatic carbocycles. The van der Waals surface area contributed by atoms with Crippen LogP contribution in [0, 0.1) is 13.8 Å². The summed E-state index contributed by atoms with van der Waals surface area (Å²) in [6.45, 7) is 3.60. The first-order valence-corrected chi connectivity index (χ1v) is 5.45. The van der Waals surface area contributed by atoms with Gasteiger partial charge in [-0.05, 0) is 19.9 Å². The molecular formula is C10H11ClN6O. The molecule has 0 aliphatic rings. The monoisotopic (exact) mass is 266 g/mol. The van der Waals surface area contributed by atoms with E-state index in [-0.39, 0.29) is 5.84 Å². The Hall–Kier alpha value is -2.15. The van der Waals surface area contributed by atoms with Crippen LogP contribution in [0.5, 0.6) is 0 Å². The summed E-state index contributed by atoms with van der Waals surface area (Å²) >= 11 is 6.05. The number of hydrogen-bond donors (Lipinski definition) is 2. The summed E-state index contributed by atoms with van der Waals surface area (Å²) in [4.78, 5) is 8.22. The van der Waals surface area contributed by atoms with E-state index in [1.54, 1.807) is 6.92 Å². The largest absolute Gasteiger partial charge is 0.409 e. The van der Waals surface area contributed by atoms with Gasteiger partial charge in [0.15, 0.2) is 5.84 Å². The van der Waals surface area contributed by atoms with Crippen LogP contribution in [0.1, 0.15) is 17.1 Å². The molecule has 2 rings (SSSR count). The standard InChI is InChI=1S/C10H11ClN6O/c1-5-8(11)6(2)17(15-5)10-13-4-3-7(14-10)9(12)16-18/h3-4,18H,1-2H3,(H2,12,16). The maximum atomic E-state index is 8.61. The Morgan fingerprint density at radius 1 is 1.50 bits per heavy atom. The highest BCUT2D eigenvalue weighted by Crippen LogP contribution is 2.20. The molecule has 0 fully saturated rings. The molecule has 0 amide bonds. The molecule has 2 aromatic rings. The second-order valence-corrected chi connectivity index (χ2v) is 4.00. The van der Waals surface area contributed by atoms with Crippen LogP contribution in [0.15, 0.2) is 17.4 Å². The van der Waals surface area contributed by atoms with Gasteiger partial charge in [-0.25, -0.2) is 14.6 Å². The van der Waals surface area contributed by atoms with Gasteiger partial charge in [0.1, 0.15) is 5.69 Å². The van der Waals surface area contributed by atoms with Gasteiger partial charge in [0, 0.05) is 6.20 Å². The average molecular weight is 267 g/mol. The molecule has 0 aliphatic heterocycles. The zero-order valence-corrected chi connectivity index (χ0v) is 10.5. The van der Waals surface area contributed by atoms with E-state index in [2.05, 4.69) is 20.2 Å². The van der Waals surface area contributed by atoms with E-state index in [4.69, 9.17) is 22.5 Å². The van der Waals surface area contributed by atoms with Crippen LogP contribution in [0.4, 0.5) is 0 Å². The molecule has 0 spiro atoms. The Balaban J connectivity index is 2.55. The van der Waals surface area contributed by atoms with Crippen molar-refractivity contribution in [1.29, 1.82) is 0 Å². The van der Waals surface area contributed by atoms with Crippen molar-refractivity contribution in [2.45, 2.75) is 13.8 Å². The normalized spacial score (nSPS) is 11.8. The van der Waals surface area contributed by atoms with Gasteiger partial charge >= 0.3 is 0 Å². The highest BCUT2D eigenvalue weighted by Gasteiger charge is 2.13. The van der Waals surface area contributed by atoms with Gasteiger partial charge in [-0.2, -0.15) is 5.10 Å². The van der Waals surface area contributed by atoms with Crippen molar-refractivity contribution in [3.05, 3.63) is 34.4 Å². The van der Waals surface area contributed by atoms with Crippen LogP contribution in [0.3, 0.4) is 0 Å². The number of rotatable bonds is 2. The maximum Gasteiger partial charge on any atom is 0.251 e. The molecule has 0 aliphatic carbocycles. The third kappa shape index (κ3) is 2.00. The molecule has 0 saturated carbocycles. The zero-order valence-electron chi connectivity index (χ0n) is 9.79. The van der Waals surface area contributed by atoms with Gasteiger partial charge in [0.2, 0.25) is 0 Å². The van der Waals surface area contributed by atoms with Crippen LogP contribution in [-0.2, 0) is 0 Å². The quantitative estimate of drug-likeness (QED) is 0.366. The Morgan fingerprint density at radius 2 is 2.22 bits per heavy atom. The summed E-state index contributed by atoms with van der Waals surface area (Å²) in [5, 5.41) is 16.3. The summed E-state index contributed by atoms with van der Waals surface area (Å²) < 4.78 is 1.51. The maximum absolute atomic E-state index is 8.61. The molecule has 0 atom stereocenters. The first-order valence-electron chi connectivity index (χ1n) is 5.07. The van der Waals surface area contributed by atoms with Crippen molar-refractivity contribution >= 4 is 17.4 Å². The lowest BCUT2D eigenvalue weighted by atomic mass is 10.4. The number of aromatic nitrogens is 4. The predicted molar refractivity (Wildman–Crippen MR) is 66.1 cm³/mol. The molecular weight excluding hydrogens is 256 g/mol. The van der Waals surface area contributed by atoms with Crippen molar-refractivity contribution in [3.63, 3.8) is 0 Å². The van der Waals surface area contributed by atoms with Crippen molar-refractivity contribution in [2.75, 3.05) is 0 Å². The highest BCUT2D eigenvalue weighted by molar-refractivity contribution is 6.31. The minimum atomic E-state index is -0.0914. The Labute approximate surface area is 108 Å². The van der Waals surface area contributed by atoms with Crippen molar-refractivity contribution in [1.82, 2.24) is 19.7 Å². The zero-order chi connectivity index (χ0) is 13.3. The van der Waals surface area contributed by atoms with Crippen molar-refractivity contribution < 1.29 is 5.21 Å². The summed E-state index contributed by atoms with van der Waals surface area (Å²) in [6.07, 6.45) is 1.50. The number of oxime groups is 1. The number of aryl methyl sites for hydroxylation is 1. The second kappa shape index (κ2) is 4.61. The minimum absolute atomic E-state index is 0.0914. The Bertz CT molecular complexity index is 621. The average Bonchev–Trinajstić information content (AvgIpc) is 2.66. The molecule has 7 nitrogen and oxygen atoms in total. The molecule has 0 radical (unpaired) electrons. The smallest absolute Gasteiger partial charge is 0.251 e. The lowest BCUT2D eigenvalue weighted by Crippen LogP contribution is -2.17. The number of hydrogen-bond acceptors (Lipinski definition) is 5. The number of amidine groups is 1. The van der Waals surface area contributed by atoms with E-state index in [1.165, 1.54) is 16.9 Å². The lowest BCUT2D eigenvalue weighted by Gasteiger charge is -2.03. The molecule has 2 heterocycles. The highest BCUT2D eigenvalue weighted by atomic mass is 35.5. The minimum Gasteiger partial charge on any atom is -0.409 e. The van der Waals surface area contributed by atoms with E-state index >= 15 is 0 Å². The molecule has 94 valence electrons. The fourth-order valence-electron chi connectivity index (χ4n) is 1.46. The molecule has 0 saturated heterocycles. The van der Waals surface area contributed by atoms with E-state index < -0.39 is 0 Å². The van der Waals surface area contributed by atoms with Gasteiger partial charge in [-0.15, -0.1) is 0 Å². The van der Waals surface area contributed by atoms with E-state index in [1.807, 2.05) is 6.92 Å². The first kappa shape index (κ1) is 12.3. The van der Waals surface area contributed by atoms with Crippen LogP contribution in [0.2, 0.25) is 5.02 Å². The van der Waals surface area contributed by atoms with Crippen LogP contribution >= 0.6 is 11.6 Å². The van der Waals surface area contributed by atoms with Crippen LogP contribution < -0.4 is 5.73 Å². The molecule has 2 aromatic heterocycles. The Kier molecular flexibility index (Phi) is 3.15. The van der Waals surface area contributed by atoms with Crippen molar-refractivity contribution in [3.8, 4) is 5.95 Å². The van der Waals surface area contributed by atoms with Gasteiger partial charge in [0.05, 0.1) is 16.4 Å². The third-order valence-corrected chi connectivity index (χ3v) is 2.95. The SMILES string of the molecule is Cc1nn(-c2nccc(/C(N)=N/O)n2)c(C)c1Cl. The fraction of sp³-hybridized carbons (Fsp3) is 0.200. The predicted octanol–water partition coefficient (Wildman–Crippen LogP) is 1.03. The van der Waals surface area contributed by atoms with Crippen LogP contribution in [-0.4, -0.2) is 30.8 Å². The third-order valence-electron chi connectivity index (χ3n) is 2.41. The molecule has 18 heavy (non-hydrogen) atoms.